The normalized spacial score (nSPS) is 18.7. The van der Waals surface area contributed by atoms with E-state index >= 15 is 0 Å². The maximum absolute atomic E-state index is 14.1. The summed E-state index contributed by atoms with van der Waals surface area (Å²) in [6.07, 6.45) is -1.31. The second-order valence-electron chi connectivity index (χ2n) is 11.5. The van der Waals surface area contributed by atoms with Gasteiger partial charge in [-0.1, -0.05) is 12.1 Å². The summed E-state index contributed by atoms with van der Waals surface area (Å²) in [7, 11) is 1.34. The Morgan fingerprint density at radius 3 is 2.22 bits per heavy atom. The third-order valence-electron chi connectivity index (χ3n) is 7.66. The van der Waals surface area contributed by atoms with Crippen molar-refractivity contribution in [2.45, 2.75) is 57.5 Å². The molecule has 0 spiro atoms. The number of carbonyl (C=O) groups excluding carboxylic acids is 5. The van der Waals surface area contributed by atoms with Crippen molar-refractivity contribution in [2.24, 2.45) is 11.5 Å². The summed E-state index contributed by atoms with van der Waals surface area (Å²) in [5.41, 5.74) is 13.3. The van der Waals surface area contributed by atoms with Gasteiger partial charge in [0.15, 0.2) is 0 Å². The minimum absolute atomic E-state index is 0.0102. The summed E-state index contributed by atoms with van der Waals surface area (Å²) in [5.74, 6) is -2.69. The van der Waals surface area contributed by atoms with E-state index in [1.807, 2.05) is 6.07 Å². The Hall–Kier alpha value is -5.24. The molecular formula is C33H44N8O8. The second-order valence-corrected chi connectivity index (χ2v) is 11.5. The third-order valence-corrected chi connectivity index (χ3v) is 7.66. The average Bonchev–Trinajstić information content (AvgIpc) is 3.06. The summed E-state index contributed by atoms with van der Waals surface area (Å²) >= 11 is 0. The number of hydrogen-bond donors (Lipinski definition) is 7. The van der Waals surface area contributed by atoms with Crippen LogP contribution < -0.4 is 42.2 Å². The van der Waals surface area contributed by atoms with Crippen molar-refractivity contribution in [3.05, 3.63) is 47.5 Å². The van der Waals surface area contributed by atoms with Crippen LogP contribution in [0.2, 0.25) is 0 Å². The van der Waals surface area contributed by atoms with Crippen LogP contribution in [0.1, 0.15) is 37.9 Å². The maximum atomic E-state index is 14.1. The predicted octanol–water partition coefficient (Wildman–Crippen LogP) is -1.40. The van der Waals surface area contributed by atoms with E-state index in [9.17, 15) is 29.1 Å². The van der Waals surface area contributed by atoms with Crippen LogP contribution in [0.25, 0.3) is 11.1 Å². The Morgan fingerprint density at radius 2 is 1.65 bits per heavy atom. The minimum atomic E-state index is -1.39. The molecule has 3 rings (SSSR count). The molecule has 2 aromatic carbocycles. The Balaban J connectivity index is 2.32. The molecule has 4 bridgehead atoms. The highest BCUT2D eigenvalue weighted by Gasteiger charge is 2.37. The number of rotatable bonds is 12. The first kappa shape index (κ1) is 38.2. The fourth-order valence-corrected chi connectivity index (χ4v) is 5.29. The molecule has 0 aromatic heterocycles. The number of nitrogens with zero attached hydrogens (tertiary/aromatic N) is 2. The van der Waals surface area contributed by atoms with Crippen molar-refractivity contribution in [3.8, 4) is 28.7 Å². The van der Waals surface area contributed by atoms with Gasteiger partial charge in [0.25, 0.3) is 0 Å². The summed E-state index contributed by atoms with van der Waals surface area (Å²) in [6.45, 7) is 4.34. The number of carbonyl (C=O) groups is 5. The Morgan fingerprint density at radius 1 is 1.04 bits per heavy atom. The highest BCUT2D eigenvalue weighted by Crippen LogP contribution is 2.40. The number of fused-ring (bicyclic) bond motifs is 5. The third kappa shape index (κ3) is 9.89. The molecule has 264 valence electrons. The lowest BCUT2D eigenvalue weighted by atomic mass is 9.93. The molecule has 49 heavy (non-hydrogen) atoms. The Kier molecular flexibility index (Phi) is 13.9. The van der Waals surface area contributed by atoms with Crippen LogP contribution in [0, 0.1) is 11.3 Å². The molecule has 0 saturated heterocycles. The van der Waals surface area contributed by atoms with E-state index in [4.69, 9.17) is 26.2 Å². The molecule has 16 heteroatoms. The molecule has 9 N–H and O–H groups in total. The molecule has 0 radical (unpaired) electrons. The number of likely N-dealkylation sites (N-methyl/N-ethyl adjacent to an activating group) is 1. The smallest absolute Gasteiger partial charge is 0.248 e. The van der Waals surface area contributed by atoms with E-state index in [0.29, 0.717) is 33.8 Å². The van der Waals surface area contributed by atoms with Gasteiger partial charge in [-0.05, 0) is 49.2 Å². The highest BCUT2D eigenvalue weighted by atomic mass is 16.5. The number of aliphatic hydroxyl groups excluding tert-OH is 1. The second kappa shape index (κ2) is 17.8. The van der Waals surface area contributed by atoms with E-state index in [2.05, 4.69) is 21.3 Å². The van der Waals surface area contributed by atoms with Gasteiger partial charge in [-0.3, -0.25) is 24.0 Å². The van der Waals surface area contributed by atoms with Crippen LogP contribution in [0.15, 0.2) is 36.4 Å². The van der Waals surface area contributed by atoms with Crippen LogP contribution >= 0.6 is 0 Å². The fraction of sp³-hybridized carbons (Fsp3) is 0.455. The van der Waals surface area contributed by atoms with Crippen LogP contribution in [-0.2, 0) is 30.4 Å². The lowest BCUT2D eigenvalue weighted by Gasteiger charge is -2.33. The molecule has 0 aliphatic carbocycles. The standard InChI is InChI=1S/C33H44N8O8/c1-18-30(44)40-25(31(45)37-12-9-34)16-21-5-7-26(48-13-10-35)23(15-21)24-17-22(6-8-27(24)49-14-11-36)29(32(46)38-18)41(4)33(47)28(19(2)42)39-20(3)43/h5-8,15,17-19,25,28-29,42H,10-14,16,35-36H2,1-4H3,(H,37,45)(H,38,46)(H,39,43)(H,40,44)/t18-,19+,25-,28-,29-/m0/s1. The van der Waals surface area contributed by atoms with Crippen molar-refractivity contribution in [1.29, 1.82) is 5.26 Å². The molecule has 5 amide bonds. The van der Waals surface area contributed by atoms with Gasteiger partial charge in [-0.25, -0.2) is 0 Å². The van der Waals surface area contributed by atoms with Crippen LogP contribution in [0.5, 0.6) is 11.5 Å². The van der Waals surface area contributed by atoms with Crippen molar-refractivity contribution in [2.75, 3.05) is 39.9 Å². The summed E-state index contributed by atoms with van der Waals surface area (Å²) in [6, 6.07) is 6.69. The zero-order chi connectivity index (χ0) is 36.2. The quantitative estimate of drug-likeness (QED) is 0.128. The van der Waals surface area contributed by atoms with Gasteiger partial charge in [-0.15, -0.1) is 0 Å². The summed E-state index contributed by atoms with van der Waals surface area (Å²) in [5, 5.41) is 29.6. The number of hydrogen-bond acceptors (Lipinski definition) is 11. The van der Waals surface area contributed by atoms with E-state index in [0.717, 1.165) is 4.90 Å². The molecule has 0 fully saturated rings. The van der Waals surface area contributed by atoms with Gasteiger partial charge in [0.05, 0.1) is 12.2 Å². The monoisotopic (exact) mass is 680 g/mol. The lowest BCUT2D eigenvalue weighted by Crippen LogP contribution is -2.57. The first-order valence-electron chi connectivity index (χ1n) is 15.7. The summed E-state index contributed by atoms with van der Waals surface area (Å²) < 4.78 is 12.0. The number of nitriles is 1. The molecule has 1 aliphatic rings. The Labute approximate surface area is 284 Å². The van der Waals surface area contributed by atoms with Crippen molar-refractivity contribution < 1.29 is 38.6 Å². The van der Waals surface area contributed by atoms with Crippen molar-refractivity contribution in [1.82, 2.24) is 26.2 Å². The largest absolute Gasteiger partial charge is 0.492 e. The van der Waals surface area contributed by atoms with Gasteiger partial charge in [0.1, 0.15) is 55.4 Å². The SMILES string of the molecule is CC(=O)N[C@H](C(=O)N(C)[C@@H]1C(=O)N[C@@H](C)C(=O)N[C@H](C(=O)NCC#N)Cc2ccc(OCCN)c(c2)-c2cc1ccc2OCCN)[C@@H](C)O. The number of amides is 5. The minimum Gasteiger partial charge on any atom is -0.492 e. The van der Waals surface area contributed by atoms with Crippen LogP contribution in [0.4, 0.5) is 0 Å². The number of ether oxygens (including phenoxy) is 2. The molecule has 5 atom stereocenters. The molecular weight excluding hydrogens is 636 g/mol. The first-order chi connectivity index (χ1) is 23.3. The summed E-state index contributed by atoms with van der Waals surface area (Å²) in [4.78, 5) is 67.3. The molecule has 0 unspecified atom stereocenters. The van der Waals surface area contributed by atoms with E-state index < -0.39 is 59.8 Å². The first-order valence-corrected chi connectivity index (χ1v) is 15.7. The molecule has 1 heterocycles. The zero-order valence-corrected chi connectivity index (χ0v) is 27.9. The van der Waals surface area contributed by atoms with E-state index in [1.165, 1.54) is 27.8 Å². The van der Waals surface area contributed by atoms with Gasteiger partial charge in [0, 0.05) is 44.6 Å². The number of benzene rings is 2. The van der Waals surface area contributed by atoms with Gasteiger partial charge < -0.3 is 52.2 Å². The average molecular weight is 681 g/mol. The van der Waals surface area contributed by atoms with Gasteiger partial charge in [-0.2, -0.15) is 5.26 Å². The van der Waals surface area contributed by atoms with Gasteiger partial charge in [0.2, 0.25) is 29.5 Å². The van der Waals surface area contributed by atoms with Crippen molar-refractivity contribution >= 4 is 29.5 Å². The maximum Gasteiger partial charge on any atom is 0.248 e. The van der Waals surface area contributed by atoms with Crippen LogP contribution in [-0.4, -0.2) is 104 Å². The fourth-order valence-electron chi connectivity index (χ4n) is 5.29. The van der Waals surface area contributed by atoms with E-state index in [1.54, 1.807) is 36.4 Å². The number of nitrogens with two attached hydrogens (primary N) is 2. The Bertz CT molecular complexity index is 1580. The lowest BCUT2D eigenvalue weighted by molar-refractivity contribution is -0.144. The predicted molar refractivity (Wildman–Crippen MR) is 178 cm³/mol. The number of aliphatic hydroxyl groups is 1. The highest BCUT2D eigenvalue weighted by molar-refractivity contribution is 5.96. The van der Waals surface area contributed by atoms with Crippen molar-refractivity contribution in [3.63, 3.8) is 0 Å². The number of nitrogens with one attached hydrogen (secondary N) is 4. The van der Waals surface area contributed by atoms with Gasteiger partial charge >= 0.3 is 0 Å². The molecule has 0 saturated carbocycles. The zero-order valence-electron chi connectivity index (χ0n) is 27.9. The molecule has 16 nitrogen and oxygen atoms in total. The van der Waals surface area contributed by atoms with Crippen LogP contribution in [0.3, 0.4) is 0 Å². The van der Waals surface area contributed by atoms with E-state index in [-0.39, 0.29) is 39.3 Å². The molecule has 1 aliphatic heterocycles. The molecule has 2 aromatic rings. The topological polar surface area (TPSA) is 251 Å².